The maximum absolute atomic E-state index is 11.7. The zero-order chi connectivity index (χ0) is 13.8. The average Bonchev–Trinajstić information content (AvgIpc) is 2.46. The number of rotatable bonds is 3. The number of hydrogen-bond acceptors (Lipinski definition) is 6. The van der Waals surface area contributed by atoms with E-state index >= 15 is 0 Å². The molecule has 2 heterocycles. The third-order valence-corrected chi connectivity index (χ3v) is 3.07. The van der Waals surface area contributed by atoms with Gasteiger partial charge in [0.05, 0.1) is 31.3 Å². The molecule has 0 unspecified atom stereocenters. The van der Waals surface area contributed by atoms with E-state index in [9.17, 15) is 9.59 Å². The molecule has 6 heteroatoms. The Labute approximate surface area is 111 Å². The fourth-order valence-corrected chi connectivity index (χ4v) is 2.08. The Hall–Kier alpha value is -2.11. The van der Waals surface area contributed by atoms with Gasteiger partial charge in [0.1, 0.15) is 0 Å². The Bertz CT molecular complexity index is 485. The van der Waals surface area contributed by atoms with Crippen molar-refractivity contribution in [2.24, 2.45) is 0 Å². The predicted molar refractivity (Wildman–Crippen MR) is 67.8 cm³/mol. The molecule has 0 bridgehead atoms. The molecule has 1 aliphatic heterocycles. The molecular formula is C13H16N2O4. The van der Waals surface area contributed by atoms with Crippen LogP contribution in [0.15, 0.2) is 12.1 Å². The van der Waals surface area contributed by atoms with Crippen LogP contribution in [0.25, 0.3) is 0 Å². The number of fused-ring (bicyclic) bond motifs is 1. The van der Waals surface area contributed by atoms with Crippen molar-refractivity contribution in [3.63, 3.8) is 0 Å². The van der Waals surface area contributed by atoms with E-state index in [0.29, 0.717) is 5.69 Å². The molecule has 6 nitrogen and oxygen atoms in total. The number of carbonyl (C=O) groups excluding carboxylic acids is 2. The lowest BCUT2D eigenvalue weighted by Crippen LogP contribution is -2.26. The summed E-state index contributed by atoms with van der Waals surface area (Å²) in [6.07, 6.45) is 1.80. The van der Waals surface area contributed by atoms with Crippen LogP contribution in [0.3, 0.4) is 0 Å². The van der Waals surface area contributed by atoms with Gasteiger partial charge in [-0.1, -0.05) is 0 Å². The van der Waals surface area contributed by atoms with E-state index in [0.717, 1.165) is 30.8 Å². The fourth-order valence-electron chi connectivity index (χ4n) is 2.08. The Morgan fingerprint density at radius 2 is 1.95 bits per heavy atom. The molecule has 0 radical (unpaired) electrons. The Morgan fingerprint density at radius 3 is 2.58 bits per heavy atom. The van der Waals surface area contributed by atoms with Gasteiger partial charge < -0.3 is 14.8 Å². The predicted octanol–water partition coefficient (Wildman–Crippen LogP) is 0.869. The van der Waals surface area contributed by atoms with Gasteiger partial charge in [-0.3, -0.25) is 14.6 Å². The third-order valence-electron chi connectivity index (χ3n) is 3.07. The second-order valence-corrected chi connectivity index (χ2v) is 4.24. The highest BCUT2D eigenvalue weighted by Crippen LogP contribution is 2.24. The molecule has 1 N–H and O–H groups in total. The molecule has 0 saturated heterocycles. The van der Waals surface area contributed by atoms with Crippen LogP contribution >= 0.6 is 0 Å². The molecule has 0 atom stereocenters. The van der Waals surface area contributed by atoms with E-state index in [1.165, 1.54) is 14.2 Å². The normalized spacial score (nSPS) is 13.4. The monoisotopic (exact) mass is 264 g/mol. The molecule has 0 aromatic carbocycles. The van der Waals surface area contributed by atoms with E-state index in [-0.39, 0.29) is 0 Å². The van der Waals surface area contributed by atoms with E-state index in [4.69, 9.17) is 0 Å². The SMILES string of the molecule is COC(=O)C(C(=O)OC)c1ccc2c(n1)CCCN2. The number of anilines is 1. The van der Waals surface area contributed by atoms with Crippen LogP contribution in [0, 0.1) is 0 Å². The summed E-state index contributed by atoms with van der Waals surface area (Å²) in [5, 5.41) is 3.22. The first-order valence-corrected chi connectivity index (χ1v) is 6.06. The van der Waals surface area contributed by atoms with Crippen molar-refractivity contribution >= 4 is 17.6 Å². The number of aromatic nitrogens is 1. The molecule has 0 spiro atoms. The van der Waals surface area contributed by atoms with Gasteiger partial charge >= 0.3 is 11.9 Å². The molecule has 1 aromatic rings. The van der Waals surface area contributed by atoms with Crippen molar-refractivity contribution in [1.29, 1.82) is 0 Å². The minimum Gasteiger partial charge on any atom is -0.468 e. The molecule has 102 valence electrons. The van der Waals surface area contributed by atoms with Crippen LogP contribution in [-0.2, 0) is 25.5 Å². The molecule has 0 aliphatic carbocycles. The van der Waals surface area contributed by atoms with Gasteiger partial charge in [-0.15, -0.1) is 0 Å². The molecule has 0 saturated carbocycles. The lowest BCUT2D eigenvalue weighted by molar-refractivity contribution is -0.154. The average molecular weight is 264 g/mol. The van der Waals surface area contributed by atoms with E-state index < -0.39 is 17.9 Å². The lowest BCUT2D eigenvalue weighted by atomic mass is 10.0. The van der Waals surface area contributed by atoms with Crippen LogP contribution in [0.1, 0.15) is 23.7 Å². The second kappa shape index (κ2) is 5.69. The van der Waals surface area contributed by atoms with Crippen molar-refractivity contribution in [2.45, 2.75) is 18.8 Å². The van der Waals surface area contributed by atoms with Crippen molar-refractivity contribution in [3.05, 3.63) is 23.5 Å². The largest absolute Gasteiger partial charge is 0.468 e. The Balaban J connectivity index is 2.36. The molecule has 1 aliphatic rings. The summed E-state index contributed by atoms with van der Waals surface area (Å²) in [6, 6.07) is 3.48. The zero-order valence-corrected chi connectivity index (χ0v) is 10.9. The highest BCUT2D eigenvalue weighted by Gasteiger charge is 2.32. The first-order chi connectivity index (χ1) is 9.17. The summed E-state index contributed by atoms with van der Waals surface area (Å²) in [7, 11) is 2.47. The van der Waals surface area contributed by atoms with Gasteiger partial charge in [-0.05, 0) is 25.0 Å². The van der Waals surface area contributed by atoms with Crippen molar-refractivity contribution in [3.8, 4) is 0 Å². The summed E-state index contributed by atoms with van der Waals surface area (Å²) in [5.41, 5.74) is 2.17. The number of aryl methyl sites for hydroxylation is 1. The maximum Gasteiger partial charge on any atom is 0.326 e. The van der Waals surface area contributed by atoms with E-state index in [2.05, 4.69) is 19.8 Å². The van der Waals surface area contributed by atoms with Crippen LogP contribution < -0.4 is 5.32 Å². The quantitative estimate of drug-likeness (QED) is 0.644. The van der Waals surface area contributed by atoms with Gasteiger partial charge in [0, 0.05) is 6.54 Å². The molecule has 0 amide bonds. The van der Waals surface area contributed by atoms with Crippen LogP contribution in [0.2, 0.25) is 0 Å². The first-order valence-electron chi connectivity index (χ1n) is 6.06. The first kappa shape index (κ1) is 13.3. The standard InChI is InChI=1S/C13H16N2O4/c1-18-12(16)11(13(17)19-2)10-6-5-8-9(15-10)4-3-7-14-8/h5-6,11,14H,3-4,7H2,1-2H3. The van der Waals surface area contributed by atoms with Crippen molar-refractivity contribution in [1.82, 2.24) is 4.98 Å². The minimum absolute atomic E-state index is 0.362. The van der Waals surface area contributed by atoms with E-state index in [1.807, 2.05) is 6.07 Å². The molecule has 2 rings (SSSR count). The number of pyridine rings is 1. The van der Waals surface area contributed by atoms with Gasteiger partial charge in [0.2, 0.25) is 0 Å². The summed E-state index contributed by atoms with van der Waals surface area (Å²) in [5.74, 6) is -2.45. The Morgan fingerprint density at radius 1 is 1.26 bits per heavy atom. The fraction of sp³-hybridized carbons (Fsp3) is 0.462. The van der Waals surface area contributed by atoms with Gasteiger partial charge in [0.25, 0.3) is 0 Å². The number of methoxy groups -OCH3 is 2. The van der Waals surface area contributed by atoms with Crippen LogP contribution in [-0.4, -0.2) is 37.7 Å². The van der Waals surface area contributed by atoms with Crippen molar-refractivity contribution < 1.29 is 19.1 Å². The topological polar surface area (TPSA) is 77.5 Å². The van der Waals surface area contributed by atoms with Crippen LogP contribution in [0.4, 0.5) is 5.69 Å². The number of nitrogens with one attached hydrogen (secondary N) is 1. The summed E-state index contributed by atoms with van der Waals surface area (Å²) in [6.45, 7) is 0.908. The van der Waals surface area contributed by atoms with Gasteiger partial charge in [-0.2, -0.15) is 0 Å². The molecular weight excluding hydrogens is 248 g/mol. The van der Waals surface area contributed by atoms with Gasteiger partial charge in [0.15, 0.2) is 5.92 Å². The summed E-state index contributed by atoms with van der Waals surface area (Å²) < 4.78 is 9.28. The summed E-state index contributed by atoms with van der Waals surface area (Å²) in [4.78, 5) is 27.8. The molecule has 19 heavy (non-hydrogen) atoms. The highest BCUT2D eigenvalue weighted by atomic mass is 16.5. The third kappa shape index (κ3) is 2.67. The minimum atomic E-state index is -1.12. The number of esters is 2. The van der Waals surface area contributed by atoms with E-state index in [1.54, 1.807) is 6.07 Å². The Kier molecular flexibility index (Phi) is 3.99. The molecule has 1 aromatic heterocycles. The smallest absolute Gasteiger partial charge is 0.326 e. The number of nitrogens with zero attached hydrogens (tertiary/aromatic N) is 1. The number of carbonyl (C=O) groups is 2. The lowest BCUT2D eigenvalue weighted by Gasteiger charge is -2.19. The van der Waals surface area contributed by atoms with Crippen LogP contribution in [0.5, 0.6) is 0 Å². The zero-order valence-electron chi connectivity index (χ0n) is 10.9. The number of ether oxygens (including phenoxy) is 2. The van der Waals surface area contributed by atoms with Crippen molar-refractivity contribution in [2.75, 3.05) is 26.1 Å². The maximum atomic E-state index is 11.7. The number of hydrogen-bond donors (Lipinski definition) is 1. The molecule has 0 fully saturated rings. The summed E-state index contributed by atoms with van der Waals surface area (Å²) >= 11 is 0. The van der Waals surface area contributed by atoms with Gasteiger partial charge in [-0.25, -0.2) is 0 Å². The second-order valence-electron chi connectivity index (χ2n) is 4.24. The highest BCUT2D eigenvalue weighted by molar-refractivity contribution is 6.00.